The number of aryl methyl sites for hydroxylation is 3. The summed E-state index contributed by atoms with van der Waals surface area (Å²) < 4.78 is 46.6. The largest absolute Gasteiger partial charge is 0.351 e. The van der Waals surface area contributed by atoms with E-state index >= 15 is 0 Å². The minimum absolute atomic E-state index is 0.239. The van der Waals surface area contributed by atoms with E-state index in [1.807, 2.05) is 18.6 Å². The summed E-state index contributed by atoms with van der Waals surface area (Å²) in [4.78, 5) is 40.1. The fourth-order valence-corrected chi connectivity index (χ4v) is 12.2. The minimum Gasteiger partial charge on any atom is -0.351 e. The van der Waals surface area contributed by atoms with Crippen LogP contribution in [0.1, 0.15) is 129 Å². The van der Waals surface area contributed by atoms with E-state index in [1.165, 1.54) is 70.2 Å². The van der Waals surface area contributed by atoms with Crippen molar-refractivity contribution < 1.29 is 13.2 Å². The molecule has 18 nitrogen and oxygen atoms in total. The molecule has 9 heterocycles. The zero-order valence-corrected chi connectivity index (χ0v) is 51.0. The Labute approximate surface area is 519 Å². The number of anilines is 3. The number of benzene rings is 3. The van der Waals surface area contributed by atoms with Gasteiger partial charge < -0.3 is 16.0 Å². The normalized spacial score (nSPS) is 16.1. The summed E-state index contributed by atoms with van der Waals surface area (Å²) in [5.74, 6) is 2.72. The lowest BCUT2D eigenvalue weighted by atomic mass is 9.88. The molecule has 3 aliphatic rings. The Hall–Kier alpha value is -10.1. The molecule has 0 spiro atoms. The Kier molecular flexibility index (Phi) is 16.8. The van der Waals surface area contributed by atoms with Crippen LogP contribution < -0.4 is 16.0 Å². The Morgan fingerprint density at radius 1 is 0.367 bits per heavy atom. The number of pyridine rings is 3. The number of halogens is 3. The zero-order valence-electron chi connectivity index (χ0n) is 51.0. The number of aromatic nitrogens is 15. The third kappa shape index (κ3) is 12.7. The van der Waals surface area contributed by atoms with Crippen molar-refractivity contribution in [2.45, 2.75) is 135 Å². The maximum atomic E-state index is 13.8. The van der Waals surface area contributed by atoms with Gasteiger partial charge >= 0.3 is 0 Å². The number of rotatable bonds is 12. The first-order valence-corrected chi connectivity index (χ1v) is 30.8. The predicted molar refractivity (Wildman–Crippen MR) is 342 cm³/mol. The molecule has 3 N–H and O–H groups in total. The highest BCUT2D eigenvalue weighted by molar-refractivity contribution is 5.65. The summed E-state index contributed by atoms with van der Waals surface area (Å²) in [7, 11) is 0. The van der Waals surface area contributed by atoms with Gasteiger partial charge in [-0.15, -0.1) is 0 Å². The molecule has 0 aliphatic heterocycles. The van der Waals surface area contributed by atoms with Gasteiger partial charge in [0, 0.05) is 70.1 Å². The summed E-state index contributed by atoms with van der Waals surface area (Å²) in [5.41, 5.74) is 15.3. The van der Waals surface area contributed by atoms with Gasteiger partial charge in [0.1, 0.15) is 17.5 Å². The number of hydrogen-bond donors (Lipinski definition) is 3. The molecule has 1 unspecified atom stereocenters. The Morgan fingerprint density at radius 3 is 0.911 bits per heavy atom. The van der Waals surface area contributed by atoms with Crippen molar-refractivity contribution >= 4 is 34.8 Å². The van der Waals surface area contributed by atoms with Gasteiger partial charge in [-0.25, -0.2) is 28.1 Å². The Morgan fingerprint density at radius 2 is 0.644 bits per heavy atom. The predicted octanol–water partition coefficient (Wildman–Crippen LogP) is 13.3. The highest BCUT2D eigenvalue weighted by Gasteiger charge is 2.26. The lowest BCUT2D eigenvalue weighted by Crippen LogP contribution is -2.29. The second kappa shape index (κ2) is 25.6. The van der Waals surface area contributed by atoms with Crippen LogP contribution in [0.25, 0.3) is 51.1 Å². The standard InChI is InChI=1S/3C23H23FN6/c3*1-14(2)20-13-26-30-22(20)28-21(17-9-18(24)12-25-11-17)29-23(30)27-19-8-7-15-5-3-4-6-16(15)10-19/h3*3-6,9,11-14,19H,7-8,10H2,1-2H3,(H,27,28,29)/t2*19-;/m10./s1. The fraction of sp³-hybridized carbons (Fsp3) is 0.304. The highest BCUT2D eigenvalue weighted by atomic mass is 19.1. The summed E-state index contributed by atoms with van der Waals surface area (Å²) in [6, 6.07) is 30.6. The molecule has 12 aromatic rings. The number of nitrogens with zero attached hydrogens (tertiary/aromatic N) is 15. The van der Waals surface area contributed by atoms with Gasteiger partial charge in [0.2, 0.25) is 17.8 Å². The third-order valence-corrected chi connectivity index (χ3v) is 17.0. The molecule has 3 atom stereocenters. The topological polar surface area (TPSA) is 204 Å². The van der Waals surface area contributed by atoms with Crippen molar-refractivity contribution in [3.8, 4) is 34.2 Å². The van der Waals surface area contributed by atoms with Gasteiger partial charge in [-0.3, -0.25) is 15.0 Å². The molecule has 15 rings (SSSR count). The third-order valence-electron chi connectivity index (χ3n) is 17.0. The van der Waals surface area contributed by atoms with E-state index in [0.29, 0.717) is 52.0 Å². The van der Waals surface area contributed by atoms with Crippen molar-refractivity contribution in [2.24, 2.45) is 0 Å². The molecular formula is C69H69F3N18. The van der Waals surface area contributed by atoms with Crippen LogP contribution in [0.15, 0.2) is 147 Å². The summed E-state index contributed by atoms with van der Waals surface area (Å²) in [6.45, 7) is 12.6. The van der Waals surface area contributed by atoms with Gasteiger partial charge in [-0.05, 0) is 127 Å². The first-order chi connectivity index (χ1) is 43.7. The van der Waals surface area contributed by atoms with Gasteiger partial charge in [0.25, 0.3) is 0 Å². The first kappa shape index (κ1) is 58.9. The second-order valence-corrected chi connectivity index (χ2v) is 24.3. The summed E-state index contributed by atoms with van der Waals surface area (Å²) in [6.07, 6.45) is 22.7. The summed E-state index contributed by atoms with van der Waals surface area (Å²) in [5, 5.41) is 24.4. The molecule has 0 saturated heterocycles. The number of nitrogens with one attached hydrogen (secondary N) is 3. The average Bonchev–Trinajstić information content (AvgIpc) is 1.69. The molecule has 0 saturated carbocycles. The van der Waals surface area contributed by atoms with E-state index in [4.69, 9.17) is 29.9 Å². The van der Waals surface area contributed by atoms with Crippen molar-refractivity contribution in [1.82, 2.24) is 73.7 Å². The molecule has 0 radical (unpaired) electrons. The van der Waals surface area contributed by atoms with Crippen LogP contribution >= 0.6 is 0 Å². The average molecular weight is 1210 g/mol. The van der Waals surface area contributed by atoms with Gasteiger partial charge in [0.05, 0.1) is 37.2 Å². The Bertz CT molecular complexity index is 4100. The van der Waals surface area contributed by atoms with Gasteiger partial charge in [-0.2, -0.15) is 43.8 Å². The zero-order chi connectivity index (χ0) is 62.0. The molecule has 456 valence electrons. The van der Waals surface area contributed by atoms with Crippen molar-refractivity contribution in [2.75, 3.05) is 16.0 Å². The molecule has 0 fully saturated rings. The van der Waals surface area contributed by atoms with E-state index in [1.54, 1.807) is 32.1 Å². The first-order valence-electron chi connectivity index (χ1n) is 30.8. The second-order valence-electron chi connectivity index (χ2n) is 24.3. The van der Waals surface area contributed by atoms with Crippen LogP contribution in [-0.2, 0) is 38.5 Å². The number of hydrogen-bond acceptors (Lipinski definition) is 15. The lowest BCUT2D eigenvalue weighted by Gasteiger charge is -2.26. The number of fused-ring (bicyclic) bond motifs is 6. The molecule has 3 aromatic carbocycles. The van der Waals surface area contributed by atoms with Crippen molar-refractivity contribution in [1.29, 1.82) is 0 Å². The van der Waals surface area contributed by atoms with Crippen LogP contribution in [0.4, 0.5) is 31.0 Å². The van der Waals surface area contributed by atoms with Crippen LogP contribution in [-0.4, -0.2) is 91.8 Å². The van der Waals surface area contributed by atoms with E-state index in [2.05, 4.69) is 161 Å². The van der Waals surface area contributed by atoms with E-state index in [-0.39, 0.29) is 35.9 Å². The minimum atomic E-state index is -0.410. The molecule has 0 amide bonds. The lowest BCUT2D eigenvalue weighted by molar-refractivity contribution is 0.602. The molecular weight excluding hydrogens is 1140 g/mol. The summed E-state index contributed by atoms with van der Waals surface area (Å²) >= 11 is 0. The maximum absolute atomic E-state index is 13.8. The van der Waals surface area contributed by atoms with Crippen molar-refractivity contribution in [3.63, 3.8) is 0 Å². The highest BCUT2D eigenvalue weighted by Crippen LogP contribution is 2.32. The maximum Gasteiger partial charge on any atom is 0.228 e. The van der Waals surface area contributed by atoms with E-state index < -0.39 is 17.5 Å². The quantitative estimate of drug-likeness (QED) is 0.104. The van der Waals surface area contributed by atoms with Crippen LogP contribution in [0, 0.1) is 17.5 Å². The SMILES string of the molecule is CC(C)c1cnn2c(NC3CCc4ccccc4C3)nc(-c3cncc(F)c3)nc12.CC(C)c1cnn2c(N[C@@H]3CCc4ccccc4C3)nc(-c3cncc(F)c3)nc12.CC(C)c1cnn2c(N[C@H]3CCc4ccccc4C3)nc(-c3cncc(F)c3)nc12. The smallest absolute Gasteiger partial charge is 0.228 e. The van der Waals surface area contributed by atoms with Gasteiger partial charge in [-0.1, -0.05) is 114 Å². The molecule has 3 aliphatic carbocycles. The van der Waals surface area contributed by atoms with Gasteiger partial charge in [0.15, 0.2) is 34.4 Å². The van der Waals surface area contributed by atoms with E-state index in [9.17, 15) is 13.2 Å². The monoisotopic (exact) mass is 1210 g/mol. The molecule has 90 heavy (non-hydrogen) atoms. The van der Waals surface area contributed by atoms with Crippen LogP contribution in [0.2, 0.25) is 0 Å². The molecule has 0 bridgehead atoms. The van der Waals surface area contributed by atoms with E-state index in [0.717, 1.165) is 91.4 Å². The van der Waals surface area contributed by atoms with Crippen LogP contribution in [0.5, 0.6) is 0 Å². The molecule has 9 aromatic heterocycles. The molecule has 21 heteroatoms. The fourth-order valence-electron chi connectivity index (χ4n) is 12.2. The van der Waals surface area contributed by atoms with Crippen molar-refractivity contribution in [3.05, 3.63) is 214 Å². The van der Waals surface area contributed by atoms with Crippen LogP contribution in [0.3, 0.4) is 0 Å². The Balaban J connectivity index is 0.000000124.